The molecule has 1 aromatic carbocycles. The average Bonchev–Trinajstić information content (AvgIpc) is 2.45. The van der Waals surface area contributed by atoms with Crippen LogP contribution >= 0.6 is 0 Å². The Kier molecular flexibility index (Phi) is 6.94. The van der Waals surface area contributed by atoms with Crippen LogP contribution in [0.25, 0.3) is 0 Å². The molecule has 0 radical (unpaired) electrons. The zero-order valence-corrected chi connectivity index (χ0v) is 12.3. The van der Waals surface area contributed by atoms with Gasteiger partial charge in [0.15, 0.2) is 0 Å². The van der Waals surface area contributed by atoms with Crippen molar-refractivity contribution in [2.75, 3.05) is 13.1 Å². The van der Waals surface area contributed by atoms with Crippen molar-refractivity contribution < 1.29 is 14.4 Å². The summed E-state index contributed by atoms with van der Waals surface area (Å²) < 4.78 is 0. The van der Waals surface area contributed by atoms with E-state index in [1.807, 2.05) is 37.3 Å². The summed E-state index contributed by atoms with van der Waals surface area (Å²) in [5.74, 6) is -0.731. The molecule has 6 heteroatoms. The van der Waals surface area contributed by atoms with Crippen molar-refractivity contribution >= 4 is 17.7 Å². The number of rotatable bonds is 7. The van der Waals surface area contributed by atoms with Gasteiger partial charge in [-0.05, 0) is 12.5 Å². The van der Waals surface area contributed by atoms with Crippen LogP contribution in [0.2, 0.25) is 0 Å². The summed E-state index contributed by atoms with van der Waals surface area (Å²) in [4.78, 5) is 34.4. The summed E-state index contributed by atoms with van der Waals surface area (Å²) in [6, 6.07) is 8.84. The highest BCUT2D eigenvalue weighted by Gasteiger charge is 2.17. The van der Waals surface area contributed by atoms with Gasteiger partial charge in [0.1, 0.15) is 0 Å². The normalized spacial score (nSPS) is 11.3. The maximum absolute atomic E-state index is 11.9. The van der Waals surface area contributed by atoms with Gasteiger partial charge in [-0.15, -0.1) is 0 Å². The zero-order valence-electron chi connectivity index (χ0n) is 12.3. The second-order valence-corrected chi connectivity index (χ2v) is 4.60. The molecule has 0 unspecified atom stereocenters. The summed E-state index contributed by atoms with van der Waals surface area (Å²) >= 11 is 0. The van der Waals surface area contributed by atoms with Gasteiger partial charge in [0.25, 0.3) is 0 Å². The minimum Gasteiger partial charge on any atom is -0.355 e. The topological polar surface area (TPSA) is 87.3 Å². The molecular weight excluding hydrogens is 270 g/mol. The van der Waals surface area contributed by atoms with E-state index in [2.05, 4.69) is 16.0 Å². The third-order valence-corrected chi connectivity index (χ3v) is 2.79. The highest BCUT2D eigenvalue weighted by atomic mass is 16.2. The van der Waals surface area contributed by atoms with E-state index in [9.17, 15) is 14.4 Å². The van der Waals surface area contributed by atoms with E-state index in [0.717, 1.165) is 5.56 Å². The van der Waals surface area contributed by atoms with Crippen molar-refractivity contribution in [3.8, 4) is 0 Å². The van der Waals surface area contributed by atoms with Gasteiger partial charge >= 0.3 is 0 Å². The molecule has 114 valence electrons. The molecule has 0 aliphatic heterocycles. The molecule has 21 heavy (non-hydrogen) atoms. The Morgan fingerprint density at radius 2 is 1.71 bits per heavy atom. The van der Waals surface area contributed by atoms with Gasteiger partial charge in [-0.2, -0.15) is 0 Å². The Morgan fingerprint density at radius 3 is 2.29 bits per heavy atom. The lowest BCUT2D eigenvalue weighted by Gasteiger charge is -2.18. The number of carbonyl (C=O) groups excluding carboxylic acids is 3. The molecule has 0 saturated carbocycles. The summed E-state index contributed by atoms with van der Waals surface area (Å²) in [6.45, 7) is 3.67. The molecule has 0 heterocycles. The van der Waals surface area contributed by atoms with Crippen molar-refractivity contribution in [1.29, 1.82) is 0 Å². The van der Waals surface area contributed by atoms with Gasteiger partial charge in [0.2, 0.25) is 17.7 Å². The number of hydrogen-bond acceptors (Lipinski definition) is 3. The fourth-order valence-corrected chi connectivity index (χ4v) is 1.88. The van der Waals surface area contributed by atoms with E-state index >= 15 is 0 Å². The Balaban J connectivity index is 2.58. The number of likely N-dealkylation sites (N-methyl/N-ethyl adjacent to an activating group) is 1. The number of nitrogens with one attached hydrogen (secondary N) is 3. The molecular formula is C15H21N3O3. The minimum atomic E-state index is -0.405. The third-order valence-electron chi connectivity index (χ3n) is 2.79. The molecule has 0 spiro atoms. The highest BCUT2D eigenvalue weighted by Crippen LogP contribution is 2.16. The summed E-state index contributed by atoms with van der Waals surface area (Å²) in [5.41, 5.74) is 0.848. The summed E-state index contributed by atoms with van der Waals surface area (Å²) in [6.07, 6.45) is 0.0863. The molecule has 6 nitrogen and oxygen atoms in total. The van der Waals surface area contributed by atoms with Crippen LogP contribution in [0.4, 0.5) is 0 Å². The maximum Gasteiger partial charge on any atom is 0.239 e. The lowest BCUT2D eigenvalue weighted by Crippen LogP contribution is -2.38. The summed E-state index contributed by atoms with van der Waals surface area (Å²) in [5, 5.41) is 7.87. The van der Waals surface area contributed by atoms with Crippen LogP contribution in [0.15, 0.2) is 30.3 Å². The van der Waals surface area contributed by atoms with Crippen LogP contribution < -0.4 is 16.0 Å². The van der Waals surface area contributed by atoms with Gasteiger partial charge < -0.3 is 16.0 Å². The Morgan fingerprint density at radius 1 is 1.05 bits per heavy atom. The van der Waals surface area contributed by atoms with E-state index in [0.29, 0.717) is 6.54 Å². The molecule has 0 aliphatic rings. The number of carbonyl (C=O) groups is 3. The smallest absolute Gasteiger partial charge is 0.239 e. The SMILES string of the molecule is CCNC(=O)CNC(=O)C[C@H](NC(C)=O)c1ccccc1. The number of amides is 3. The van der Waals surface area contributed by atoms with E-state index in [1.165, 1.54) is 6.92 Å². The molecule has 0 bridgehead atoms. The second kappa shape index (κ2) is 8.73. The molecule has 3 N–H and O–H groups in total. The van der Waals surface area contributed by atoms with Crippen molar-refractivity contribution in [2.45, 2.75) is 26.3 Å². The van der Waals surface area contributed by atoms with Crippen molar-refractivity contribution in [3.63, 3.8) is 0 Å². The molecule has 0 aromatic heterocycles. The highest BCUT2D eigenvalue weighted by molar-refractivity contribution is 5.85. The first-order chi connectivity index (χ1) is 10.0. The van der Waals surface area contributed by atoms with Crippen molar-refractivity contribution in [2.24, 2.45) is 0 Å². The Labute approximate surface area is 124 Å². The quantitative estimate of drug-likeness (QED) is 0.684. The first-order valence-corrected chi connectivity index (χ1v) is 6.88. The standard InChI is InChI=1S/C15H21N3O3/c1-3-16-15(21)10-17-14(20)9-13(18-11(2)19)12-7-5-4-6-8-12/h4-8,13H,3,9-10H2,1-2H3,(H,16,21)(H,17,20)(H,18,19)/t13-/m0/s1. The molecule has 1 atom stereocenters. The van der Waals surface area contributed by atoms with Crippen LogP contribution in [0.3, 0.4) is 0 Å². The van der Waals surface area contributed by atoms with E-state index < -0.39 is 6.04 Å². The van der Waals surface area contributed by atoms with Gasteiger partial charge in [-0.1, -0.05) is 30.3 Å². The van der Waals surface area contributed by atoms with E-state index in [4.69, 9.17) is 0 Å². The van der Waals surface area contributed by atoms with Gasteiger partial charge in [-0.3, -0.25) is 14.4 Å². The van der Waals surface area contributed by atoms with Crippen LogP contribution in [0, 0.1) is 0 Å². The number of hydrogen-bond donors (Lipinski definition) is 3. The molecule has 3 amide bonds. The zero-order chi connectivity index (χ0) is 15.7. The van der Waals surface area contributed by atoms with Crippen LogP contribution in [0.5, 0.6) is 0 Å². The monoisotopic (exact) mass is 291 g/mol. The lowest BCUT2D eigenvalue weighted by atomic mass is 10.0. The fourth-order valence-electron chi connectivity index (χ4n) is 1.88. The van der Waals surface area contributed by atoms with Crippen LogP contribution in [0.1, 0.15) is 31.9 Å². The van der Waals surface area contributed by atoms with Gasteiger partial charge in [-0.25, -0.2) is 0 Å². The third kappa shape index (κ3) is 6.56. The van der Waals surface area contributed by atoms with E-state index in [-0.39, 0.29) is 30.7 Å². The fraction of sp³-hybridized carbons (Fsp3) is 0.400. The lowest BCUT2D eigenvalue weighted by molar-refractivity contribution is -0.126. The number of benzene rings is 1. The maximum atomic E-state index is 11.9. The summed E-state index contributed by atoms with van der Waals surface area (Å²) in [7, 11) is 0. The largest absolute Gasteiger partial charge is 0.355 e. The van der Waals surface area contributed by atoms with Crippen LogP contribution in [-0.4, -0.2) is 30.8 Å². The van der Waals surface area contributed by atoms with E-state index in [1.54, 1.807) is 0 Å². The Bertz CT molecular complexity index is 488. The predicted octanol–water partition coefficient (Wildman–Crippen LogP) is 0.506. The van der Waals surface area contributed by atoms with Gasteiger partial charge in [0.05, 0.1) is 19.0 Å². The molecule has 1 rings (SSSR count). The average molecular weight is 291 g/mol. The second-order valence-electron chi connectivity index (χ2n) is 4.60. The molecule has 0 fully saturated rings. The Hall–Kier alpha value is -2.37. The first kappa shape index (κ1) is 16.7. The molecule has 0 saturated heterocycles. The molecule has 0 aliphatic carbocycles. The van der Waals surface area contributed by atoms with Crippen LogP contribution in [-0.2, 0) is 14.4 Å². The minimum absolute atomic E-state index is 0.0613. The van der Waals surface area contributed by atoms with Crippen molar-refractivity contribution in [1.82, 2.24) is 16.0 Å². The first-order valence-electron chi connectivity index (χ1n) is 6.88. The van der Waals surface area contributed by atoms with Crippen molar-refractivity contribution in [3.05, 3.63) is 35.9 Å². The predicted molar refractivity (Wildman–Crippen MR) is 79.3 cm³/mol. The van der Waals surface area contributed by atoms with Gasteiger partial charge in [0, 0.05) is 13.5 Å². The molecule has 1 aromatic rings.